The minimum atomic E-state index is 0.411. The van der Waals surface area contributed by atoms with Crippen molar-refractivity contribution < 1.29 is 0 Å². The first kappa shape index (κ1) is 12.2. The van der Waals surface area contributed by atoms with Crippen LogP contribution in [0.2, 0.25) is 5.02 Å². The van der Waals surface area contributed by atoms with Crippen LogP contribution >= 0.6 is 11.6 Å². The second kappa shape index (κ2) is 3.99. The van der Waals surface area contributed by atoms with E-state index in [-0.39, 0.29) is 0 Å². The Bertz CT molecular complexity index is 478. The number of halogens is 1. The maximum atomic E-state index is 6.17. The molecule has 1 aromatic rings. The van der Waals surface area contributed by atoms with E-state index < -0.39 is 0 Å². The van der Waals surface area contributed by atoms with Crippen molar-refractivity contribution in [2.45, 2.75) is 43.9 Å². The standard InChI is InChI=1S/C17H22ClN/c18-15-3-1-14(2-4-15)17-8-12-5-13(9-17)7-16(6-12,10-17)11-19/h1-4,12-13H,5-11,19H2/t12-,13-,16?,17?/m1/s1. The lowest BCUT2D eigenvalue weighted by Crippen LogP contribution is -2.56. The van der Waals surface area contributed by atoms with E-state index in [2.05, 4.69) is 24.3 Å². The lowest BCUT2D eigenvalue weighted by molar-refractivity contribution is -0.0666. The first-order valence-electron chi connectivity index (χ1n) is 7.59. The highest BCUT2D eigenvalue weighted by Gasteiger charge is 2.57. The van der Waals surface area contributed by atoms with Gasteiger partial charge in [-0.1, -0.05) is 23.7 Å². The number of hydrogen-bond acceptors (Lipinski definition) is 1. The molecule has 4 aliphatic carbocycles. The van der Waals surface area contributed by atoms with Gasteiger partial charge >= 0.3 is 0 Å². The minimum absolute atomic E-state index is 0.411. The third-order valence-corrected chi connectivity index (χ3v) is 6.32. The molecule has 4 aliphatic rings. The Labute approximate surface area is 120 Å². The summed E-state index contributed by atoms with van der Waals surface area (Å²) in [6, 6.07) is 8.65. The Morgan fingerprint density at radius 2 is 1.68 bits per heavy atom. The van der Waals surface area contributed by atoms with Crippen molar-refractivity contribution in [3.63, 3.8) is 0 Å². The van der Waals surface area contributed by atoms with Gasteiger partial charge in [0.2, 0.25) is 0 Å². The molecule has 0 aromatic heterocycles. The second-order valence-electron chi connectivity index (χ2n) is 7.45. The van der Waals surface area contributed by atoms with Crippen molar-refractivity contribution in [2.24, 2.45) is 23.0 Å². The first-order valence-corrected chi connectivity index (χ1v) is 7.97. The molecular weight excluding hydrogens is 254 g/mol. The number of nitrogens with two attached hydrogens (primary N) is 1. The van der Waals surface area contributed by atoms with Crippen molar-refractivity contribution >= 4 is 11.6 Å². The maximum Gasteiger partial charge on any atom is 0.0406 e. The predicted molar refractivity (Wildman–Crippen MR) is 79.3 cm³/mol. The number of benzene rings is 1. The Kier molecular flexibility index (Phi) is 2.57. The van der Waals surface area contributed by atoms with Crippen LogP contribution in [0.3, 0.4) is 0 Å². The molecule has 0 spiro atoms. The van der Waals surface area contributed by atoms with Gasteiger partial charge in [0.25, 0.3) is 0 Å². The third kappa shape index (κ3) is 1.78. The van der Waals surface area contributed by atoms with E-state index >= 15 is 0 Å². The molecule has 0 unspecified atom stereocenters. The van der Waals surface area contributed by atoms with Gasteiger partial charge in [0.15, 0.2) is 0 Å². The molecule has 0 amide bonds. The Morgan fingerprint density at radius 3 is 2.26 bits per heavy atom. The molecule has 0 radical (unpaired) electrons. The molecule has 102 valence electrons. The van der Waals surface area contributed by atoms with Gasteiger partial charge in [-0.2, -0.15) is 0 Å². The van der Waals surface area contributed by atoms with Crippen LogP contribution in [0.15, 0.2) is 24.3 Å². The quantitative estimate of drug-likeness (QED) is 0.863. The van der Waals surface area contributed by atoms with Crippen molar-refractivity contribution in [3.05, 3.63) is 34.9 Å². The van der Waals surface area contributed by atoms with Crippen molar-refractivity contribution in [1.29, 1.82) is 0 Å². The highest BCUT2D eigenvalue weighted by Crippen LogP contribution is 2.65. The minimum Gasteiger partial charge on any atom is -0.330 e. The van der Waals surface area contributed by atoms with Crippen LogP contribution in [0, 0.1) is 17.3 Å². The molecule has 0 heterocycles. The summed E-state index contributed by atoms with van der Waals surface area (Å²) >= 11 is 6.05. The van der Waals surface area contributed by atoms with Gasteiger partial charge in [0.05, 0.1) is 0 Å². The van der Waals surface area contributed by atoms with Crippen LogP contribution in [-0.2, 0) is 5.41 Å². The monoisotopic (exact) mass is 275 g/mol. The molecule has 1 aromatic carbocycles. The van der Waals surface area contributed by atoms with Crippen LogP contribution in [-0.4, -0.2) is 6.54 Å². The summed E-state index contributed by atoms with van der Waals surface area (Å²) in [5, 5.41) is 0.849. The summed E-state index contributed by atoms with van der Waals surface area (Å²) in [7, 11) is 0. The number of rotatable bonds is 2. The lowest BCUT2D eigenvalue weighted by Gasteiger charge is -2.62. The molecule has 1 nitrogen and oxygen atoms in total. The fraction of sp³-hybridized carbons (Fsp3) is 0.647. The van der Waals surface area contributed by atoms with E-state index in [0.717, 1.165) is 23.4 Å². The highest BCUT2D eigenvalue weighted by atomic mass is 35.5. The molecule has 4 fully saturated rings. The molecule has 4 bridgehead atoms. The van der Waals surface area contributed by atoms with Crippen molar-refractivity contribution in [1.82, 2.24) is 0 Å². The van der Waals surface area contributed by atoms with Gasteiger partial charge in [-0.15, -0.1) is 0 Å². The Morgan fingerprint density at radius 1 is 1.05 bits per heavy atom. The molecule has 5 rings (SSSR count). The van der Waals surface area contributed by atoms with Crippen LogP contribution in [0.5, 0.6) is 0 Å². The summed E-state index contributed by atoms with van der Waals surface area (Å²) in [5.74, 6) is 1.83. The van der Waals surface area contributed by atoms with Gasteiger partial charge < -0.3 is 5.73 Å². The van der Waals surface area contributed by atoms with Gasteiger partial charge in [0, 0.05) is 5.02 Å². The largest absolute Gasteiger partial charge is 0.330 e. The molecule has 4 saturated carbocycles. The summed E-state index contributed by atoms with van der Waals surface area (Å²) in [6.45, 7) is 0.884. The van der Waals surface area contributed by atoms with Crippen LogP contribution < -0.4 is 5.73 Å². The lowest BCUT2D eigenvalue weighted by atomic mass is 9.43. The van der Waals surface area contributed by atoms with Gasteiger partial charge in [0.1, 0.15) is 0 Å². The van der Waals surface area contributed by atoms with E-state index in [0.29, 0.717) is 10.8 Å². The topological polar surface area (TPSA) is 26.0 Å². The zero-order valence-electron chi connectivity index (χ0n) is 11.4. The Balaban J connectivity index is 1.76. The molecule has 2 atom stereocenters. The summed E-state index contributed by atoms with van der Waals surface area (Å²) in [6.07, 6.45) is 8.30. The molecule has 0 saturated heterocycles. The van der Waals surface area contributed by atoms with Gasteiger partial charge in [-0.25, -0.2) is 0 Å². The second-order valence-corrected chi connectivity index (χ2v) is 7.89. The third-order valence-electron chi connectivity index (χ3n) is 6.07. The van der Waals surface area contributed by atoms with E-state index in [4.69, 9.17) is 17.3 Å². The van der Waals surface area contributed by atoms with Crippen LogP contribution in [0.1, 0.15) is 44.1 Å². The smallest absolute Gasteiger partial charge is 0.0406 e. The number of hydrogen-bond donors (Lipinski definition) is 1. The normalized spacial score (nSPS) is 43.7. The van der Waals surface area contributed by atoms with Gasteiger partial charge in [-0.05, 0) is 85.4 Å². The fourth-order valence-corrected chi connectivity index (χ4v) is 5.96. The zero-order valence-corrected chi connectivity index (χ0v) is 12.1. The summed E-state index contributed by atoms with van der Waals surface area (Å²) in [5.41, 5.74) is 8.54. The predicted octanol–water partition coefficient (Wildman–Crippen LogP) is 4.14. The maximum absolute atomic E-state index is 6.17. The van der Waals surface area contributed by atoms with E-state index in [1.54, 1.807) is 0 Å². The molecule has 0 aliphatic heterocycles. The van der Waals surface area contributed by atoms with Crippen LogP contribution in [0.4, 0.5) is 0 Å². The molecule has 2 N–H and O–H groups in total. The summed E-state index contributed by atoms with van der Waals surface area (Å²) < 4.78 is 0. The average Bonchev–Trinajstić information content (AvgIpc) is 2.38. The van der Waals surface area contributed by atoms with E-state index in [1.165, 1.54) is 44.1 Å². The van der Waals surface area contributed by atoms with E-state index in [1.807, 2.05) is 0 Å². The molecular formula is C17H22ClN. The highest BCUT2D eigenvalue weighted by molar-refractivity contribution is 6.30. The van der Waals surface area contributed by atoms with Crippen molar-refractivity contribution in [3.8, 4) is 0 Å². The van der Waals surface area contributed by atoms with E-state index in [9.17, 15) is 0 Å². The first-order chi connectivity index (χ1) is 9.13. The zero-order chi connectivity index (χ0) is 13.1. The molecule has 19 heavy (non-hydrogen) atoms. The van der Waals surface area contributed by atoms with Gasteiger partial charge in [-0.3, -0.25) is 0 Å². The molecule has 2 heteroatoms. The average molecular weight is 276 g/mol. The SMILES string of the molecule is NCC12C[C@H]3C[C@H](C1)CC(c1ccc(Cl)cc1)(C3)C2. The summed E-state index contributed by atoms with van der Waals surface area (Å²) in [4.78, 5) is 0. The van der Waals surface area contributed by atoms with Crippen molar-refractivity contribution in [2.75, 3.05) is 6.54 Å². The fourth-order valence-electron chi connectivity index (χ4n) is 5.83. The Hall–Kier alpha value is -0.530. The van der Waals surface area contributed by atoms with Crippen LogP contribution in [0.25, 0.3) is 0 Å².